The van der Waals surface area contributed by atoms with Crippen molar-refractivity contribution in [3.05, 3.63) is 11.7 Å². The summed E-state index contributed by atoms with van der Waals surface area (Å²) in [7, 11) is 0. The van der Waals surface area contributed by atoms with Gasteiger partial charge in [0.1, 0.15) is 0 Å². The second-order valence-electron chi connectivity index (χ2n) is 5.25. The Labute approximate surface area is 119 Å². The summed E-state index contributed by atoms with van der Waals surface area (Å²) in [5, 5.41) is 7.34. The van der Waals surface area contributed by atoms with E-state index in [-0.39, 0.29) is 11.9 Å². The molecule has 112 valence electrons. The molecule has 0 radical (unpaired) electrons. The zero-order valence-corrected chi connectivity index (χ0v) is 12.2. The van der Waals surface area contributed by atoms with Crippen LogP contribution < -0.4 is 5.32 Å². The average Bonchev–Trinajstić information content (AvgIpc) is 2.85. The third-order valence-electron chi connectivity index (χ3n) is 3.65. The molecule has 1 aromatic rings. The number of carbonyl (C=O) groups excluding carboxylic acids is 1. The van der Waals surface area contributed by atoms with Gasteiger partial charge in [-0.15, -0.1) is 0 Å². The lowest BCUT2D eigenvalue weighted by Crippen LogP contribution is -2.38. The molecule has 0 aliphatic heterocycles. The summed E-state index contributed by atoms with van der Waals surface area (Å²) >= 11 is 0. The van der Waals surface area contributed by atoms with E-state index in [1.54, 1.807) is 6.92 Å². The van der Waals surface area contributed by atoms with Crippen LogP contribution in [-0.4, -0.2) is 35.3 Å². The highest BCUT2D eigenvalue weighted by Gasteiger charge is 2.27. The van der Waals surface area contributed by atoms with E-state index in [4.69, 9.17) is 9.26 Å². The molecule has 1 fully saturated rings. The molecule has 1 saturated carbocycles. The molecule has 1 aliphatic rings. The average molecular weight is 281 g/mol. The number of hydrogen-bond donors (Lipinski definition) is 1. The maximum atomic E-state index is 11.8. The molecule has 0 amide bonds. The predicted octanol–water partition coefficient (Wildman–Crippen LogP) is 1.63. The number of esters is 1. The highest BCUT2D eigenvalue weighted by atomic mass is 16.5. The van der Waals surface area contributed by atoms with Gasteiger partial charge in [0.15, 0.2) is 5.82 Å². The molecule has 0 spiro atoms. The summed E-state index contributed by atoms with van der Waals surface area (Å²) in [6, 6.07) is 0.381. The molecule has 1 heterocycles. The molecule has 0 bridgehead atoms. The minimum absolute atomic E-state index is 0.0483. The monoisotopic (exact) mass is 281 g/mol. The van der Waals surface area contributed by atoms with Crippen LogP contribution in [0.2, 0.25) is 0 Å². The SMILES string of the molecule is CCOC(=O)C1CCCC(NCCc2noc(C)n2)C1. The number of aromatic nitrogens is 2. The molecule has 1 aromatic heterocycles. The fraction of sp³-hybridized carbons (Fsp3) is 0.786. The quantitative estimate of drug-likeness (QED) is 0.799. The first kappa shape index (κ1) is 15.0. The highest BCUT2D eigenvalue weighted by Crippen LogP contribution is 2.25. The van der Waals surface area contributed by atoms with E-state index in [2.05, 4.69) is 15.5 Å². The summed E-state index contributed by atoms with van der Waals surface area (Å²) in [6.07, 6.45) is 4.74. The van der Waals surface area contributed by atoms with E-state index in [1.165, 1.54) is 0 Å². The Morgan fingerprint density at radius 3 is 3.05 bits per heavy atom. The fourth-order valence-corrected chi connectivity index (χ4v) is 2.68. The van der Waals surface area contributed by atoms with Crippen molar-refractivity contribution in [1.82, 2.24) is 15.5 Å². The number of hydrogen-bond acceptors (Lipinski definition) is 6. The van der Waals surface area contributed by atoms with Crippen molar-refractivity contribution >= 4 is 5.97 Å². The van der Waals surface area contributed by atoms with Crippen LogP contribution in [0.4, 0.5) is 0 Å². The van der Waals surface area contributed by atoms with Gasteiger partial charge in [-0.1, -0.05) is 11.6 Å². The lowest BCUT2D eigenvalue weighted by Gasteiger charge is -2.28. The van der Waals surface area contributed by atoms with Crippen molar-refractivity contribution in [3.63, 3.8) is 0 Å². The van der Waals surface area contributed by atoms with Gasteiger partial charge in [-0.05, 0) is 26.2 Å². The van der Waals surface area contributed by atoms with Crippen LogP contribution in [0.1, 0.15) is 44.3 Å². The maximum absolute atomic E-state index is 11.8. The standard InChI is InChI=1S/C14H23N3O3/c1-3-19-14(18)11-5-4-6-12(9-11)15-8-7-13-16-10(2)20-17-13/h11-12,15H,3-9H2,1-2H3. The summed E-state index contributed by atoms with van der Waals surface area (Å²) in [4.78, 5) is 15.9. The van der Waals surface area contributed by atoms with Crippen LogP contribution in [0.5, 0.6) is 0 Å². The van der Waals surface area contributed by atoms with Crippen molar-refractivity contribution in [2.24, 2.45) is 5.92 Å². The minimum atomic E-state index is -0.0483. The maximum Gasteiger partial charge on any atom is 0.308 e. The molecule has 2 unspecified atom stereocenters. The van der Waals surface area contributed by atoms with E-state index >= 15 is 0 Å². The number of nitrogens with zero attached hydrogens (tertiary/aromatic N) is 2. The second kappa shape index (κ2) is 7.38. The molecule has 2 atom stereocenters. The Hall–Kier alpha value is -1.43. The first-order valence-electron chi connectivity index (χ1n) is 7.38. The third kappa shape index (κ3) is 4.30. The predicted molar refractivity (Wildman–Crippen MR) is 73.1 cm³/mol. The fourth-order valence-electron chi connectivity index (χ4n) is 2.68. The van der Waals surface area contributed by atoms with Gasteiger partial charge in [0.05, 0.1) is 12.5 Å². The van der Waals surface area contributed by atoms with Gasteiger partial charge in [-0.3, -0.25) is 4.79 Å². The van der Waals surface area contributed by atoms with Gasteiger partial charge in [-0.2, -0.15) is 4.98 Å². The molecular formula is C14H23N3O3. The van der Waals surface area contributed by atoms with Gasteiger partial charge >= 0.3 is 5.97 Å². The second-order valence-corrected chi connectivity index (χ2v) is 5.25. The summed E-state index contributed by atoms with van der Waals surface area (Å²) < 4.78 is 10.0. The number of rotatable bonds is 6. The van der Waals surface area contributed by atoms with Gasteiger partial charge in [0, 0.05) is 25.9 Å². The molecule has 1 aliphatic carbocycles. The largest absolute Gasteiger partial charge is 0.466 e. The molecule has 1 N–H and O–H groups in total. The molecule has 6 heteroatoms. The van der Waals surface area contributed by atoms with Crippen LogP contribution in [0.3, 0.4) is 0 Å². The lowest BCUT2D eigenvalue weighted by molar-refractivity contribution is -0.149. The van der Waals surface area contributed by atoms with Gasteiger partial charge in [-0.25, -0.2) is 0 Å². The van der Waals surface area contributed by atoms with E-state index in [9.17, 15) is 4.79 Å². The topological polar surface area (TPSA) is 77.2 Å². The highest BCUT2D eigenvalue weighted by molar-refractivity contribution is 5.72. The summed E-state index contributed by atoms with van der Waals surface area (Å²) in [5.74, 6) is 1.33. The van der Waals surface area contributed by atoms with Crippen molar-refractivity contribution in [2.75, 3.05) is 13.2 Å². The zero-order valence-electron chi connectivity index (χ0n) is 12.2. The number of nitrogens with one attached hydrogen (secondary N) is 1. The van der Waals surface area contributed by atoms with Crippen molar-refractivity contribution < 1.29 is 14.1 Å². The van der Waals surface area contributed by atoms with Crippen molar-refractivity contribution in [3.8, 4) is 0 Å². The van der Waals surface area contributed by atoms with Crippen LogP contribution in [0, 0.1) is 12.8 Å². The van der Waals surface area contributed by atoms with Gasteiger partial charge < -0.3 is 14.6 Å². The van der Waals surface area contributed by atoms with E-state index in [0.717, 1.165) is 44.5 Å². The minimum Gasteiger partial charge on any atom is -0.466 e. The van der Waals surface area contributed by atoms with Gasteiger partial charge in [0.25, 0.3) is 0 Å². The van der Waals surface area contributed by atoms with Crippen LogP contribution in [0.15, 0.2) is 4.52 Å². The Bertz CT molecular complexity index is 433. The van der Waals surface area contributed by atoms with Crippen molar-refractivity contribution in [2.45, 2.75) is 52.0 Å². The Balaban J connectivity index is 1.71. The van der Waals surface area contributed by atoms with Crippen molar-refractivity contribution in [1.29, 1.82) is 0 Å². The first-order chi connectivity index (χ1) is 9.69. The molecule has 6 nitrogen and oxygen atoms in total. The number of carbonyl (C=O) groups is 1. The third-order valence-corrected chi connectivity index (χ3v) is 3.65. The Morgan fingerprint density at radius 2 is 2.35 bits per heavy atom. The zero-order chi connectivity index (χ0) is 14.4. The first-order valence-corrected chi connectivity index (χ1v) is 7.38. The molecule has 0 saturated heterocycles. The molecular weight excluding hydrogens is 258 g/mol. The smallest absolute Gasteiger partial charge is 0.308 e. The Morgan fingerprint density at radius 1 is 1.50 bits per heavy atom. The molecule has 20 heavy (non-hydrogen) atoms. The number of aryl methyl sites for hydroxylation is 1. The Kier molecular flexibility index (Phi) is 5.52. The molecule has 2 rings (SSSR count). The van der Waals surface area contributed by atoms with E-state index in [1.807, 2.05) is 6.92 Å². The van der Waals surface area contributed by atoms with E-state index < -0.39 is 0 Å². The van der Waals surface area contributed by atoms with Crippen LogP contribution in [-0.2, 0) is 16.0 Å². The van der Waals surface area contributed by atoms with E-state index in [0.29, 0.717) is 18.5 Å². The van der Waals surface area contributed by atoms with Crippen LogP contribution in [0.25, 0.3) is 0 Å². The lowest BCUT2D eigenvalue weighted by atomic mass is 9.85. The van der Waals surface area contributed by atoms with Gasteiger partial charge in [0.2, 0.25) is 5.89 Å². The summed E-state index contributed by atoms with van der Waals surface area (Å²) in [5.41, 5.74) is 0. The molecule has 0 aromatic carbocycles. The summed E-state index contributed by atoms with van der Waals surface area (Å²) in [6.45, 7) is 4.90. The van der Waals surface area contributed by atoms with Crippen LogP contribution >= 0.6 is 0 Å². The number of ether oxygens (including phenoxy) is 1. The normalized spacial score (nSPS) is 22.7.